The molecule has 0 bridgehead atoms. The first kappa shape index (κ1) is 24.5. The molecule has 0 saturated heterocycles. The van der Waals surface area contributed by atoms with Crippen molar-refractivity contribution in [3.8, 4) is 0 Å². The van der Waals surface area contributed by atoms with E-state index in [1.54, 1.807) is 33.8 Å². The third-order valence-electron chi connectivity index (χ3n) is 9.37. The summed E-state index contributed by atoms with van der Waals surface area (Å²) in [7, 11) is 0. The standard InChI is InChI=1S/C25H31ClF2O5/c1-5-20(32)33-25(19(31)12-27)13(2)10-16-14-6-7-15-21(28)17(29)8-9-22(15,3)24(14,26)18(30)11-23(16,25)4/h8-9,13-14,16,18,30H,5-7,10-12H2,1-4H3/t13?,14-,16-,18-,22-,23-,24-,25-/m0/s1. The van der Waals surface area contributed by atoms with Gasteiger partial charge >= 0.3 is 5.97 Å². The van der Waals surface area contributed by atoms with Crippen LogP contribution in [0.15, 0.2) is 23.6 Å². The lowest BCUT2D eigenvalue weighted by Crippen LogP contribution is -2.69. The van der Waals surface area contributed by atoms with Gasteiger partial charge in [-0.1, -0.05) is 33.8 Å². The Kier molecular flexibility index (Phi) is 5.73. The fraction of sp³-hybridized carbons (Fsp3) is 0.720. The van der Waals surface area contributed by atoms with E-state index in [1.165, 1.54) is 6.08 Å². The molecule has 0 heterocycles. The van der Waals surface area contributed by atoms with E-state index in [1.807, 2.05) is 0 Å². The van der Waals surface area contributed by atoms with Crippen LogP contribution in [0.25, 0.3) is 0 Å². The van der Waals surface area contributed by atoms with Crippen LogP contribution >= 0.6 is 11.6 Å². The van der Waals surface area contributed by atoms with Crippen LogP contribution in [0.5, 0.6) is 0 Å². The number of hydrogen-bond acceptors (Lipinski definition) is 5. The number of Topliss-reactive ketones (excluding diaryl/α,β-unsaturated/α-hetero) is 1. The summed E-state index contributed by atoms with van der Waals surface area (Å²) in [4.78, 5) is 36.2. The number of hydrogen-bond donors (Lipinski definition) is 1. The van der Waals surface area contributed by atoms with Crippen LogP contribution in [0.4, 0.5) is 8.78 Å². The summed E-state index contributed by atoms with van der Waals surface area (Å²) in [6.07, 6.45) is 2.69. The highest BCUT2D eigenvalue weighted by molar-refractivity contribution is 6.26. The van der Waals surface area contributed by atoms with Crippen molar-refractivity contribution in [2.75, 3.05) is 6.67 Å². The van der Waals surface area contributed by atoms with Crippen molar-refractivity contribution in [2.45, 2.75) is 76.4 Å². The van der Waals surface area contributed by atoms with Gasteiger partial charge in [0.1, 0.15) is 0 Å². The Bertz CT molecular complexity index is 978. The molecule has 3 saturated carbocycles. The number of rotatable bonds is 4. The number of aliphatic hydroxyl groups is 1. The molecular weight excluding hydrogens is 454 g/mol. The second-order valence-corrected chi connectivity index (χ2v) is 11.2. The SMILES string of the molecule is CCC(=O)O[C@]1(C(=O)CF)C(C)C[C@H]2[C@@H]3CCC4=C(F)C(=O)C=C[C@]4(C)[C@@]3(Cl)[C@@H](O)C[C@@]21C. The topological polar surface area (TPSA) is 80.7 Å². The minimum absolute atomic E-state index is 0.0168. The molecule has 1 unspecified atom stereocenters. The zero-order valence-corrected chi connectivity index (χ0v) is 20.2. The maximum atomic E-state index is 14.9. The monoisotopic (exact) mass is 484 g/mol. The van der Waals surface area contributed by atoms with Gasteiger partial charge in [0.25, 0.3) is 0 Å². The summed E-state index contributed by atoms with van der Waals surface area (Å²) in [6.45, 7) is 5.63. The maximum Gasteiger partial charge on any atom is 0.306 e. The predicted octanol–water partition coefficient (Wildman–Crippen LogP) is 4.40. The van der Waals surface area contributed by atoms with Crippen LogP contribution in [0.1, 0.15) is 59.8 Å². The molecule has 0 radical (unpaired) electrons. The number of esters is 1. The zero-order valence-electron chi connectivity index (χ0n) is 19.4. The molecule has 8 atom stereocenters. The van der Waals surface area contributed by atoms with Gasteiger partial charge in [-0.25, -0.2) is 8.78 Å². The average Bonchev–Trinajstić information content (AvgIpc) is 2.99. The van der Waals surface area contributed by atoms with Gasteiger partial charge < -0.3 is 9.84 Å². The molecule has 0 aliphatic heterocycles. The Morgan fingerprint density at radius 2 is 1.97 bits per heavy atom. The van der Waals surface area contributed by atoms with Gasteiger partial charge in [-0.05, 0) is 49.2 Å². The van der Waals surface area contributed by atoms with E-state index in [-0.39, 0.29) is 31.1 Å². The largest absolute Gasteiger partial charge is 0.450 e. The molecule has 4 aliphatic carbocycles. The van der Waals surface area contributed by atoms with Gasteiger partial charge in [-0.2, -0.15) is 0 Å². The molecule has 3 fully saturated rings. The van der Waals surface area contributed by atoms with Gasteiger partial charge in [0.15, 0.2) is 18.1 Å². The molecule has 0 aromatic rings. The number of ketones is 2. The summed E-state index contributed by atoms with van der Waals surface area (Å²) >= 11 is 7.29. The third-order valence-corrected chi connectivity index (χ3v) is 10.3. The Balaban J connectivity index is 1.87. The highest BCUT2D eigenvalue weighted by Crippen LogP contribution is 2.72. The van der Waals surface area contributed by atoms with Crippen LogP contribution in [-0.2, 0) is 19.1 Å². The van der Waals surface area contributed by atoms with Gasteiger partial charge in [0.05, 0.1) is 11.0 Å². The predicted molar refractivity (Wildman–Crippen MR) is 118 cm³/mol. The van der Waals surface area contributed by atoms with Crippen molar-refractivity contribution in [3.05, 3.63) is 23.6 Å². The summed E-state index contributed by atoms with van der Waals surface area (Å²) < 4.78 is 34.6. The van der Waals surface area contributed by atoms with Crippen LogP contribution in [0.3, 0.4) is 0 Å². The van der Waals surface area contributed by atoms with E-state index in [4.69, 9.17) is 16.3 Å². The molecule has 182 valence electrons. The minimum atomic E-state index is -1.71. The van der Waals surface area contributed by atoms with Crippen molar-refractivity contribution in [1.82, 2.24) is 0 Å². The third kappa shape index (κ3) is 2.81. The number of fused-ring (bicyclic) bond motifs is 5. The van der Waals surface area contributed by atoms with Crippen molar-refractivity contribution in [1.29, 1.82) is 0 Å². The summed E-state index contributed by atoms with van der Waals surface area (Å²) in [6, 6.07) is 0. The molecule has 4 aliphatic rings. The van der Waals surface area contributed by atoms with Crippen LogP contribution < -0.4 is 0 Å². The highest BCUT2D eigenvalue weighted by Gasteiger charge is 2.76. The number of carbonyl (C=O) groups excluding carboxylic acids is 3. The Labute approximate surface area is 197 Å². The number of aliphatic hydroxyl groups excluding tert-OH is 1. The van der Waals surface area contributed by atoms with E-state index in [2.05, 4.69) is 0 Å². The van der Waals surface area contributed by atoms with E-state index in [0.29, 0.717) is 18.4 Å². The lowest BCUT2D eigenvalue weighted by atomic mass is 9.45. The Morgan fingerprint density at radius 3 is 2.58 bits per heavy atom. The number of allylic oxidation sites excluding steroid dienone is 4. The quantitative estimate of drug-likeness (QED) is 0.472. The lowest BCUT2D eigenvalue weighted by molar-refractivity contribution is -0.201. The first-order valence-corrected chi connectivity index (χ1v) is 12.0. The van der Waals surface area contributed by atoms with Crippen molar-refractivity contribution in [3.63, 3.8) is 0 Å². The first-order chi connectivity index (χ1) is 15.3. The van der Waals surface area contributed by atoms with Gasteiger partial charge in [-0.3, -0.25) is 14.4 Å². The molecule has 33 heavy (non-hydrogen) atoms. The van der Waals surface area contributed by atoms with E-state index < -0.39 is 63.4 Å². The van der Waals surface area contributed by atoms with Crippen molar-refractivity contribution in [2.24, 2.45) is 28.6 Å². The smallest absolute Gasteiger partial charge is 0.306 e. The summed E-state index contributed by atoms with van der Waals surface area (Å²) in [5.74, 6) is -4.05. The Morgan fingerprint density at radius 1 is 1.30 bits per heavy atom. The number of alkyl halides is 2. The summed E-state index contributed by atoms with van der Waals surface area (Å²) in [5.41, 5.74) is -3.57. The fourth-order valence-corrected chi connectivity index (χ4v) is 8.34. The molecule has 8 heteroatoms. The summed E-state index contributed by atoms with van der Waals surface area (Å²) in [5, 5.41) is 11.6. The molecule has 0 aromatic heterocycles. The van der Waals surface area contributed by atoms with Crippen molar-refractivity contribution >= 4 is 29.1 Å². The second-order valence-electron chi connectivity index (χ2n) is 10.6. The molecule has 0 amide bonds. The fourth-order valence-electron chi connectivity index (χ4n) is 7.83. The maximum absolute atomic E-state index is 14.9. The highest BCUT2D eigenvalue weighted by atomic mass is 35.5. The molecular formula is C25H31ClF2O5. The molecule has 0 aromatic carbocycles. The molecule has 4 rings (SSSR count). The van der Waals surface area contributed by atoms with Crippen LogP contribution in [0, 0.1) is 28.6 Å². The second kappa shape index (κ2) is 7.70. The molecule has 1 N–H and O–H groups in total. The normalized spacial score (nSPS) is 46.5. The first-order valence-electron chi connectivity index (χ1n) is 11.7. The number of halogens is 3. The van der Waals surface area contributed by atoms with Crippen LogP contribution in [-0.4, -0.2) is 45.9 Å². The van der Waals surface area contributed by atoms with Gasteiger partial charge in [0, 0.05) is 23.2 Å². The van der Waals surface area contributed by atoms with Gasteiger partial charge in [-0.15, -0.1) is 11.6 Å². The number of carbonyl (C=O) groups is 3. The molecule has 0 spiro atoms. The van der Waals surface area contributed by atoms with E-state index >= 15 is 0 Å². The van der Waals surface area contributed by atoms with Gasteiger partial charge in [0.2, 0.25) is 11.6 Å². The Hall–Kier alpha value is -1.60. The molecule has 5 nitrogen and oxygen atoms in total. The lowest BCUT2D eigenvalue weighted by Gasteiger charge is -2.64. The van der Waals surface area contributed by atoms with Crippen LogP contribution in [0.2, 0.25) is 0 Å². The average molecular weight is 485 g/mol. The number of ether oxygens (including phenoxy) is 1. The zero-order chi connectivity index (χ0) is 24.6. The van der Waals surface area contributed by atoms with E-state index in [9.17, 15) is 28.3 Å². The van der Waals surface area contributed by atoms with Crippen molar-refractivity contribution < 1.29 is 33.0 Å². The minimum Gasteiger partial charge on any atom is -0.450 e. The van der Waals surface area contributed by atoms with E-state index in [0.717, 1.165) is 0 Å².